The zero-order valence-corrected chi connectivity index (χ0v) is 6.46. The number of rotatable bonds is 0. The largest absolute Gasteiger partial charge is 0.313 e. The minimum Gasteiger partial charge on any atom is -0.313 e. The van der Waals surface area contributed by atoms with Gasteiger partial charge < -0.3 is 10.2 Å². The second-order valence-electron chi connectivity index (χ2n) is 2.86. The van der Waals surface area contributed by atoms with Crippen LogP contribution >= 0.6 is 0 Å². The quantitative estimate of drug-likeness (QED) is 0.485. The Morgan fingerprint density at radius 3 is 2.20 bits per heavy atom. The molecule has 1 heterocycles. The van der Waals surface area contributed by atoms with Gasteiger partial charge in [0.15, 0.2) is 6.19 Å². The molecule has 0 aliphatic carbocycles. The van der Waals surface area contributed by atoms with Gasteiger partial charge in [0.25, 0.3) is 0 Å². The average molecular weight is 139 g/mol. The fourth-order valence-corrected chi connectivity index (χ4v) is 1.33. The normalized spacial score (nSPS) is 33.5. The molecule has 1 unspecified atom stereocenters. The highest BCUT2D eigenvalue weighted by Crippen LogP contribution is 2.06. The molecular weight excluding hydrogens is 126 g/mol. The number of nitriles is 1. The summed E-state index contributed by atoms with van der Waals surface area (Å²) in [6.45, 7) is 5.98. The number of nitrogens with one attached hydrogen (secondary N) is 1. The predicted molar refractivity (Wildman–Crippen MR) is 39.2 cm³/mol. The molecule has 0 spiro atoms. The van der Waals surface area contributed by atoms with Crippen LogP contribution in [0.1, 0.15) is 13.8 Å². The first-order chi connectivity index (χ1) is 4.75. The van der Waals surface area contributed by atoms with E-state index in [2.05, 4.69) is 25.4 Å². The zero-order chi connectivity index (χ0) is 7.56. The SMILES string of the molecule is CC1CNC[C@H](C)N1C#N. The summed E-state index contributed by atoms with van der Waals surface area (Å²) in [5, 5.41) is 11.9. The summed E-state index contributed by atoms with van der Waals surface area (Å²) >= 11 is 0. The van der Waals surface area contributed by atoms with Crippen LogP contribution in [0.25, 0.3) is 0 Å². The summed E-state index contributed by atoms with van der Waals surface area (Å²) in [6.07, 6.45) is 2.20. The monoisotopic (exact) mass is 139 g/mol. The van der Waals surface area contributed by atoms with E-state index < -0.39 is 0 Å². The second-order valence-corrected chi connectivity index (χ2v) is 2.86. The van der Waals surface area contributed by atoms with Crippen LogP contribution in [-0.4, -0.2) is 30.1 Å². The van der Waals surface area contributed by atoms with Gasteiger partial charge in [0, 0.05) is 25.2 Å². The van der Waals surface area contributed by atoms with Crippen LogP contribution in [0.15, 0.2) is 0 Å². The first-order valence-corrected chi connectivity index (χ1v) is 3.64. The standard InChI is InChI=1S/C7H13N3/c1-6-3-9-4-7(2)10(6)5-8/h6-7,9H,3-4H2,1-2H3/t6-,7?/m0/s1. The molecular formula is C7H13N3. The summed E-state index contributed by atoms with van der Waals surface area (Å²) in [5.74, 6) is 0. The number of piperazine rings is 1. The van der Waals surface area contributed by atoms with Crippen molar-refractivity contribution in [3.8, 4) is 6.19 Å². The molecule has 2 atom stereocenters. The number of nitrogens with zero attached hydrogens (tertiary/aromatic N) is 2. The lowest BCUT2D eigenvalue weighted by Crippen LogP contribution is -2.52. The third-order valence-electron chi connectivity index (χ3n) is 1.94. The Bertz CT molecular complexity index is 139. The molecule has 1 rings (SSSR count). The van der Waals surface area contributed by atoms with Crippen molar-refractivity contribution in [2.24, 2.45) is 0 Å². The lowest BCUT2D eigenvalue weighted by molar-refractivity contribution is 0.190. The van der Waals surface area contributed by atoms with Gasteiger partial charge in [-0.05, 0) is 13.8 Å². The first-order valence-electron chi connectivity index (χ1n) is 3.64. The van der Waals surface area contributed by atoms with Gasteiger partial charge in [0.2, 0.25) is 0 Å². The van der Waals surface area contributed by atoms with Crippen LogP contribution in [0.3, 0.4) is 0 Å². The highest BCUT2D eigenvalue weighted by Gasteiger charge is 2.22. The van der Waals surface area contributed by atoms with Crippen molar-refractivity contribution in [1.29, 1.82) is 5.26 Å². The molecule has 1 fully saturated rings. The Balaban J connectivity index is 2.56. The molecule has 3 heteroatoms. The van der Waals surface area contributed by atoms with Gasteiger partial charge in [0.05, 0.1) is 0 Å². The topological polar surface area (TPSA) is 39.1 Å². The van der Waals surface area contributed by atoms with E-state index >= 15 is 0 Å². The van der Waals surface area contributed by atoms with E-state index in [4.69, 9.17) is 5.26 Å². The van der Waals surface area contributed by atoms with Crippen molar-refractivity contribution >= 4 is 0 Å². The Hall–Kier alpha value is -0.750. The maximum Gasteiger partial charge on any atom is 0.179 e. The van der Waals surface area contributed by atoms with Crippen LogP contribution in [0.5, 0.6) is 0 Å². The average Bonchev–Trinajstić information content (AvgIpc) is 1.88. The maximum absolute atomic E-state index is 8.68. The summed E-state index contributed by atoms with van der Waals surface area (Å²) in [4.78, 5) is 1.84. The molecule has 56 valence electrons. The highest BCUT2D eigenvalue weighted by atomic mass is 15.2. The van der Waals surface area contributed by atoms with Crippen molar-refractivity contribution in [3.05, 3.63) is 0 Å². The summed E-state index contributed by atoms with van der Waals surface area (Å²) < 4.78 is 0. The van der Waals surface area contributed by atoms with Gasteiger partial charge in [-0.15, -0.1) is 0 Å². The number of hydrogen-bond donors (Lipinski definition) is 1. The third kappa shape index (κ3) is 1.22. The third-order valence-corrected chi connectivity index (χ3v) is 1.94. The Kier molecular flexibility index (Phi) is 2.13. The van der Waals surface area contributed by atoms with E-state index in [1.54, 1.807) is 0 Å². The molecule has 0 bridgehead atoms. The second kappa shape index (κ2) is 2.89. The van der Waals surface area contributed by atoms with E-state index in [-0.39, 0.29) is 0 Å². The molecule has 1 saturated heterocycles. The zero-order valence-electron chi connectivity index (χ0n) is 6.46. The van der Waals surface area contributed by atoms with Crippen LogP contribution in [0.2, 0.25) is 0 Å². The summed E-state index contributed by atoms with van der Waals surface area (Å²) in [7, 11) is 0. The van der Waals surface area contributed by atoms with Gasteiger partial charge in [-0.1, -0.05) is 0 Å². The van der Waals surface area contributed by atoms with Crippen molar-refractivity contribution in [2.75, 3.05) is 13.1 Å². The molecule has 0 aromatic heterocycles. The molecule has 0 radical (unpaired) electrons. The van der Waals surface area contributed by atoms with E-state index in [1.807, 2.05) is 4.90 Å². The molecule has 1 aliphatic heterocycles. The van der Waals surface area contributed by atoms with E-state index in [1.165, 1.54) is 0 Å². The van der Waals surface area contributed by atoms with Crippen molar-refractivity contribution in [3.63, 3.8) is 0 Å². The molecule has 1 N–H and O–H groups in total. The van der Waals surface area contributed by atoms with Gasteiger partial charge in [-0.25, -0.2) is 0 Å². The fourth-order valence-electron chi connectivity index (χ4n) is 1.33. The Morgan fingerprint density at radius 1 is 1.40 bits per heavy atom. The van der Waals surface area contributed by atoms with Crippen molar-refractivity contribution in [2.45, 2.75) is 25.9 Å². The fraction of sp³-hybridized carbons (Fsp3) is 0.857. The minimum absolute atomic E-state index is 0.355. The molecule has 0 saturated carbocycles. The lowest BCUT2D eigenvalue weighted by Gasteiger charge is -2.34. The van der Waals surface area contributed by atoms with E-state index in [0.29, 0.717) is 12.1 Å². The van der Waals surface area contributed by atoms with Gasteiger partial charge >= 0.3 is 0 Å². The van der Waals surface area contributed by atoms with Crippen molar-refractivity contribution in [1.82, 2.24) is 10.2 Å². The highest BCUT2D eigenvalue weighted by molar-refractivity contribution is 4.90. The van der Waals surface area contributed by atoms with Crippen molar-refractivity contribution < 1.29 is 0 Å². The van der Waals surface area contributed by atoms with Crippen LogP contribution in [-0.2, 0) is 0 Å². The first kappa shape index (κ1) is 7.36. The molecule has 0 aromatic carbocycles. The predicted octanol–water partition coefficient (Wildman–Crippen LogP) is 0.150. The molecule has 10 heavy (non-hydrogen) atoms. The number of hydrogen-bond acceptors (Lipinski definition) is 3. The Labute approximate surface area is 61.6 Å². The van der Waals surface area contributed by atoms with Gasteiger partial charge in [0.1, 0.15) is 0 Å². The molecule has 0 aromatic rings. The van der Waals surface area contributed by atoms with Crippen LogP contribution < -0.4 is 5.32 Å². The van der Waals surface area contributed by atoms with Crippen LogP contribution in [0.4, 0.5) is 0 Å². The smallest absolute Gasteiger partial charge is 0.179 e. The molecule has 3 nitrogen and oxygen atoms in total. The molecule has 1 aliphatic rings. The lowest BCUT2D eigenvalue weighted by atomic mass is 10.1. The van der Waals surface area contributed by atoms with E-state index in [9.17, 15) is 0 Å². The molecule has 0 amide bonds. The van der Waals surface area contributed by atoms with Gasteiger partial charge in [-0.2, -0.15) is 5.26 Å². The maximum atomic E-state index is 8.68. The van der Waals surface area contributed by atoms with Crippen LogP contribution in [0, 0.1) is 11.5 Å². The van der Waals surface area contributed by atoms with E-state index in [0.717, 1.165) is 13.1 Å². The minimum atomic E-state index is 0.355. The Morgan fingerprint density at radius 2 is 1.90 bits per heavy atom. The van der Waals surface area contributed by atoms with Gasteiger partial charge in [-0.3, -0.25) is 0 Å². The summed E-state index contributed by atoms with van der Waals surface area (Å²) in [6, 6.07) is 0.711. The summed E-state index contributed by atoms with van der Waals surface area (Å²) in [5.41, 5.74) is 0.